The smallest absolute Gasteiger partial charge is 0.222 e. The van der Waals surface area contributed by atoms with Crippen molar-refractivity contribution in [1.82, 2.24) is 4.90 Å². The standard InChI is InChI=1S/C15H21N3O/c1-3-12(9-16)8-15(19)18(2)11-14-6-4-13(10-17)5-7-14/h4-7,12H,3,8-9,11,16H2,1-2H3. The van der Waals surface area contributed by atoms with Gasteiger partial charge in [0.25, 0.3) is 0 Å². The molecule has 1 amide bonds. The van der Waals surface area contributed by atoms with Crippen LogP contribution in [0.25, 0.3) is 0 Å². The average molecular weight is 259 g/mol. The van der Waals surface area contributed by atoms with E-state index in [-0.39, 0.29) is 11.8 Å². The van der Waals surface area contributed by atoms with Crippen molar-refractivity contribution < 1.29 is 4.79 Å². The zero-order valence-electron chi connectivity index (χ0n) is 11.6. The Morgan fingerprint density at radius 3 is 2.53 bits per heavy atom. The van der Waals surface area contributed by atoms with Crippen molar-refractivity contribution in [3.8, 4) is 6.07 Å². The van der Waals surface area contributed by atoms with E-state index < -0.39 is 0 Å². The summed E-state index contributed by atoms with van der Waals surface area (Å²) in [6, 6.07) is 9.36. The number of hydrogen-bond donors (Lipinski definition) is 1. The molecule has 4 heteroatoms. The molecule has 4 nitrogen and oxygen atoms in total. The summed E-state index contributed by atoms with van der Waals surface area (Å²) in [5.41, 5.74) is 7.27. The van der Waals surface area contributed by atoms with Crippen LogP contribution in [0.5, 0.6) is 0 Å². The molecule has 1 atom stereocenters. The van der Waals surface area contributed by atoms with E-state index in [2.05, 4.69) is 6.07 Å². The summed E-state index contributed by atoms with van der Waals surface area (Å²) in [6.07, 6.45) is 1.42. The highest BCUT2D eigenvalue weighted by Crippen LogP contribution is 2.11. The quantitative estimate of drug-likeness (QED) is 0.848. The van der Waals surface area contributed by atoms with Gasteiger partial charge in [-0.2, -0.15) is 5.26 Å². The molecule has 1 unspecified atom stereocenters. The van der Waals surface area contributed by atoms with Gasteiger partial charge in [-0.25, -0.2) is 0 Å². The molecular formula is C15H21N3O. The van der Waals surface area contributed by atoms with Gasteiger partial charge in [0, 0.05) is 20.0 Å². The first-order valence-electron chi connectivity index (χ1n) is 6.53. The van der Waals surface area contributed by atoms with Crippen LogP contribution in [-0.2, 0) is 11.3 Å². The summed E-state index contributed by atoms with van der Waals surface area (Å²) in [7, 11) is 1.80. The van der Waals surface area contributed by atoms with Crippen LogP contribution in [0.1, 0.15) is 30.9 Å². The van der Waals surface area contributed by atoms with Gasteiger partial charge in [-0.15, -0.1) is 0 Å². The van der Waals surface area contributed by atoms with E-state index in [1.54, 1.807) is 24.1 Å². The van der Waals surface area contributed by atoms with Crippen LogP contribution >= 0.6 is 0 Å². The monoisotopic (exact) mass is 259 g/mol. The molecule has 0 spiro atoms. The first kappa shape index (κ1) is 15.2. The molecule has 0 aliphatic carbocycles. The molecule has 0 saturated carbocycles. The lowest BCUT2D eigenvalue weighted by atomic mass is 10.0. The SMILES string of the molecule is CCC(CN)CC(=O)N(C)Cc1ccc(C#N)cc1. The second-order valence-corrected chi connectivity index (χ2v) is 4.77. The maximum Gasteiger partial charge on any atom is 0.222 e. The minimum Gasteiger partial charge on any atom is -0.341 e. The number of nitrogens with zero attached hydrogens (tertiary/aromatic N) is 2. The summed E-state index contributed by atoms with van der Waals surface area (Å²) < 4.78 is 0. The normalized spacial score (nSPS) is 11.7. The average Bonchev–Trinajstić information content (AvgIpc) is 2.45. The molecule has 0 aliphatic rings. The third-order valence-electron chi connectivity index (χ3n) is 3.30. The number of nitrogens with two attached hydrogens (primary N) is 1. The molecule has 102 valence electrons. The van der Waals surface area contributed by atoms with Gasteiger partial charge in [0.15, 0.2) is 0 Å². The Kier molecular flexibility index (Phi) is 6.04. The topological polar surface area (TPSA) is 70.1 Å². The number of carbonyl (C=O) groups excluding carboxylic acids is 1. The van der Waals surface area contributed by atoms with E-state index in [0.29, 0.717) is 25.1 Å². The van der Waals surface area contributed by atoms with Crippen LogP contribution in [0, 0.1) is 17.2 Å². The fourth-order valence-electron chi connectivity index (χ4n) is 1.84. The van der Waals surface area contributed by atoms with Crippen LogP contribution in [0.2, 0.25) is 0 Å². The molecule has 2 N–H and O–H groups in total. The maximum absolute atomic E-state index is 12.0. The second-order valence-electron chi connectivity index (χ2n) is 4.77. The Morgan fingerprint density at radius 2 is 2.05 bits per heavy atom. The lowest BCUT2D eigenvalue weighted by Crippen LogP contribution is -2.29. The van der Waals surface area contributed by atoms with E-state index in [0.717, 1.165) is 12.0 Å². The van der Waals surface area contributed by atoms with Gasteiger partial charge in [0.1, 0.15) is 0 Å². The number of amides is 1. The van der Waals surface area contributed by atoms with Crippen LogP contribution in [0.15, 0.2) is 24.3 Å². The van der Waals surface area contributed by atoms with Crippen molar-refractivity contribution in [2.45, 2.75) is 26.3 Å². The third-order valence-corrected chi connectivity index (χ3v) is 3.30. The third kappa shape index (κ3) is 4.72. The zero-order valence-corrected chi connectivity index (χ0v) is 11.6. The fraction of sp³-hybridized carbons (Fsp3) is 0.467. The van der Waals surface area contributed by atoms with Crippen molar-refractivity contribution >= 4 is 5.91 Å². The lowest BCUT2D eigenvalue weighted by Gasteiger charge is -2.20. The molecule has 0 bridgehead atoms. The largest absolute Gasteiger partial charge is 0.341 e. The second kappa shape index (κ2) is 7.55. The molecule has 0 saturated heterocycles. The van der Waals surface area contributed by atoms with Crippen LogP contribution < -0.4 is 5.73 Å². The molecule has 19 heavy (non-hydrogen) atoms. The number of carbonyl (C=O) groups is 1. The summed E-state index contributed by atoms with van der Waals surface area (Å²) in [4.78, 5) is 13.7. The summed E-state index contributed by atoms with van der Waals surface area (Å²) >= 11 is 0. The predicted octanol–water partition coefficient (Wildman–Crippen LogP) is 1.89. The van der Waals surface area contributed by atoms with Crippen molar-refractivity contribution in [3.05, 3.63) is 35.4 Å². The van der Waals surface area contributed by atoms with Crippen molar-refractivity contribution in [2.75, 3.05) is 13.6 Å². The maximum atomic E-state index is 12.0. The Hall–Kier alpha value is -1.86. The van der Waals surface area contributed by atoms with E-state index in [1.807, 2.05) is 19.1 Å². The van der Waals surface area contributed by atoms with Crippen LogP contribution in [0.4, 0.5) is 0 Å². The van der Waals surface area contributed by atoms with E-state index >= 15 is 0 Å². The van der Waals surface area contributed by atoms with Crippen LogP contribution in [-0.4, -0.2) is 24.4 Å². The molecular weight excluding hydrogens is 238 g/mol. The molecule has 1 aromatic rings. The first-order valence-corrected chi connectivity index (χ1v) is 6.53. The highest BCUT2D eigenvalue weighted by atomic mass is 16.2. The molecule has 1 rings (SSSR count). The van der Waals surface area contributed by atoms with Gasteiger partial charge < -0.3 is 10.6 Å². The van der Waals surface area contributed by atoms with E-state index in [4.69, 9.17) is 11.0 Å². The minimum atomic E-state index is 0.113. The highest BCUT2D eigenvalue weighted by Gasteiger charge is 2.14. The van der Waals surface area contributed by atoms with Gasteiger partial charge in [-0.05, 0) is 30.2 Å². The van der Waals surface area contributed by atoms with E-state index in [1.165, 1.54) is 0 Å². The Bertz CT molecular complexity index is 443. The highest BCUT2D eigenvalue weighted by molar-refractivity contribution is 5.76. The number of rotatable bonds is 6. The first-order chi connectivity index (χ1) is 9.10. The Morgan fingerprint density at radius 1 is 1.42 bits per heavy atom. The van der Waals surface area contributed by atoms with Gasteiger partial charge in [-0.3, -0.25) is 4.79 Å². The lowest BCUT2D eigenvalue weighted by molar-refractivity contribution is -0.131. The number of nitriles is 1. The van der Waals surface area contributed by atoms with Gasteiger partial charge in [0.2, 0.25) is 5.91 Å². The summed E-state index contributed by atoms with van der Waals surface area (Å²) in [6.45, 7) is 3.16. The number of hydrogen-bond acceptors (Lipinski definition) is 3. The minimum absolute atomic E-state index is 0.113. The molecule has 0 aromatic heterocycles. The number of benzene rings is 1. The Balaban J connectivity index is 2.56. The zero-order chi connectivity index (χ0) is 14.3. The summed E-state index contributed by atoms with van der Waals surface area (Å²) in [5, 5.41) is 8.73. The van der Waals surface area contributed by atoms with Gasteiger partial charge in [-0.1, -0.05) is 25.5 Å². The molecule has 1 aromatic carbocycles. The van der Waals surface area contributed by atoms with Crippen molar-refractivity contribution in [1.29, 1.82) is 5.26 Å². The molecule has 0 heterocycles. The van der Waals surface area contributed by atoms with Crippen molar-refractivity contribution in [2.24, 2.45) is 11.7 Å². The molecule has 0 radical (unpaired) electrons. The van der Waals surface area contributed by atoms with Gasteiger partial charge >= 0.3 is 0 Å². The van der Waals surface area contributed by atoms with Gasteiger partial charge in [0.05, 0.1) is 11.6 Å². The molecule has 0 fully saturated rings. The fourth-order valence-corrected chi connectivity index (χ4v) is 1.84. The molecule has 0 aliphatic heterocycles. The van der Waals surface area contributed by atoms with Crippen molar-refractivity contribution in [3.63, 3.8) is 0 Å². The predicted molar refractivity (Wildman–Crippen MR) is 75.1 cm³/mol. The summed E-state index contributed by atoms with van der Waals surface area (Å²) in [5.74, 6) is 0.373. The van der Waals surface area contributed by atoms with Crippen LogP contribution in [0.3, 0.4) is 0 Å². The Labute approximate surface area is 114 Å². The van der Waals surface area contributed by atoms with E-state index in [9.17, 15) is 4.79 Å².